The number of carbonyl (C=O) groups is 3. The number of nitrogens with zero attached hydrogens (tertiary/aromatic N) is 1. The highest BCUT2D eigenvalue weighted by Crippen LogP contribution is 2.27. The predicted octanol–water partition coefficient (Wildman–Crippen LogP) is 3.24. The van der Waals surface area contributed by atoms with E-state index in [1.807, 2.05) is 12.1 Å². The number of carbonyl (C=O) groups excluding carboxylic acids is 3. The zero-order valence-corrected chi connectivity index (χ0v) is 17.1. The molecule has 0 saturated carbocycles. The minimum atomic E-state index is -0.360. The summed E-state index contributed by atoms with van der Waals surface area (Å²) in [6.07, 6.45) is 1.67. The molecule has 0 spiro atoms. The summed E-state index contributed by atoms with van der Waals surface area (Å²) >= 11 is 3.33. The van der Waals surface area contributed by atoms with E-state index in [-0.39, 0.29) is 37.0 Å². The third-order valence-electron chi connectivity index (χ3n) is 4.85. The van der Waals surface area contributed by atoms with E-state index in [0.717, 1.165) is 17.3 Å². The molecule has 2 aliphatic rings. The monoisotopic (exact) mass is 458 g/mol. The molecule has 29 heavy (non-hydrogen) atoms. The van der Waals surface area contributed by atoms with Crippen molar-refractivity contribution in [1.82, 2.24) is 4.90 Å². The summed E-state index contributed by atoms with van der Waals surface area (Å²) in [5.41, 5.74) is 1.07. The molecular formula is C21H19BrN2O5. The molecule has 8 heteroatoms. The average Bonchev–Trinajstić information content (AvgIpc) is 3.31. The first-order valence-corrected chi connectivity index (χ1v) is 10.1. The summed E-state index contributed by atoms with van der Waals surface area (Å²) < 4.78 is 11.9. The minimum absolute atomic E-state index is 0.104. The van der Waals surface area contributed by atoms with Crippen LogP contribution in [0.3, 0.4) is 0 Å². The molecule has 0 aliphatic carbocycles. The van der Waals surface area contributed by atoms with Crippen LogP contribution in [0.25, 0.3) is 0 Å². The SMILES string of the molecule is O=C(COc1ccc(Br)cc1)Nc1ccc2c(c1)C(=O)N(CC1CCCO1)C2=O. The van der Waals surface area contributed by atoms with Crippen molar-refractivity contribution in [1.29, 1.82) is 0 Å². The van der Waals surface area contributed by atoms with Gasteiger partial charge in [-0.2, -0.15) is 0 Å². The van der Waals surface area contributed by atoms with Gasteiger partial charge in [0.25, 0.3) is 17.7 Å². The van der Waals surface area contributed by atoms with E-state index in [2.05, 4.69) is 21.2 Å². The largest absolute Gasteiger partial charge is 0.484 e. The number of hydrogen-bond donors (Lipinski definition) is 1. The van der Waals surface area contributed by atoms with Crippen LogP contribution >= 0.6 is 15.9 Å². The molecule has 2 aromatic rings. The van der Waals surface area contributed by atoms with Crippen LogP contribution in [0.15, 0.2) is 46.9 Å². The number of anilines is 1. The standard InChI is InChI=1S/C21H19BrN2O5/c22-13-3-6-15(7-4-13)29-12-19(25)23-14-5-8-17-18(10-14)21(27)24(20(17)26)11-16-2-1-9-28-16/h3-8,10,16H,1-2,9,11-12H2,(H,23,25). The lowest BCUT2D eigenvalue weighted by molar-refractivity contribution is -0.118. The topological polar surface area (TPSA) is 84.9 Å². The highest BCUT2D eigenvalue weighted by Gasteiger charge is 2.37. The summed E-state index contributed by atoms with van der Waals surface area (Å²) in [4.78, 5) is 38.6. The van der Waals surface area contributed by atoms with Gasteiger partial charge in [-0.25, -0.2) is 0 Å². The van der Waals surface area contributed by atoms with Gasteiger partial charge in [-0.05, 0) is 55.3 Å². The Morgan fingerprint density at radius 2 is 1.90 bits per heavy atom. The van der Waals surface area contributed by atoms with E-state index in [9.17, 15) is 14.4 Å². The highest BCUT2D eigenvalue weighted by molar-refractivity contribution is 9.10. The molecule has 2 heterocycles. The third kappa shape index (κ3) is 4.33. The average molecular weight is 459 g/mol. The van der Waals surface area contributed by atoms with Crippen molar-refractivity contribution in [3.05, 3.63) is 58.1 Å². The van der Waals surface area contributed by atoms with Crippen LogP contribution in [-0.2, 0) is 9.53 Å². The number of amides is 3. The molecule has 0 radical (unpaired) electrons. The Kier molecular flexibility index (Phi) is 5.64. The predicted molar refractivity (Wildman–Crippen MR) is 109 cm³/mol. The quantitative estimate of drug-likeness (QED) is 0.671. The number of halogens is 1. The fraction of sp³-hybridized carbons (Fsp3) is 0.286. The van der Waals surface area contributed by atoms with Crippen LogP contribution in [0.2, 0.25) is 0 Å². The van der Waals surface area contributed by atoms with Crippen molar-refractivity contribution >= 4 is 39.3 Å². The number of ether oxygens (including phenoxy) is 2. The molecule has 1 atom stereocenters. The molecule has 1 saturated heterocycles. The number of benzene rings is 2. The Hall–Kier alpha value is -2.71. The van der Waals surface area contributed by atoms with Crippen LogP contribution in [0, 0.1) is 0 Å². The maximum absolute atomic E-state index is 12.7. The van der Waals surface area contributed by atoms with Gasteiger partial charge in [-0.15, -0.1) is 0 Å². The number of hydrogen-bond acceptors (Lipinski definition) is 5. The van der Waals surface area contributed by atoms with Crippen molar-refractivity contribution in [3.8, 4) is 5.75 Å². The molecule has 1 fully saturated rings. The van der Waals surface area contributed by atoms with Crippen LogP contribution in [-0.4, -0.2) is 48.5 Å². The molecule has 0 bridgehead atoms. The van der Waals surface area contributed by atoms with Gasteiger partial charge < -0.3 is 14.8 Å². The van der Waals surface area contributed by atoms with Crippen molar-refractivity contribution in [2.75, 3.05) is 25.1 Å². The maximum atomic E-state index is 12.7. The summed E-state index contributed by atoms with van der Waals surface area (Å²) in [5.74, 6) is -0.469. The fourth-order valence-corrected chi connectivity index (χ4v) is 3.67. The van der Waals surface area contributed by atoms with E-state index in [1.165, 1.54) is 11.0 Å². The van der Waals surface area contributed by atoms with Crippen molar-refractivity contribution in [2.24, 2.45) is 0 Å². The molecule has 4 rings (SSSR count). The first-order valence-electron chi connectivity index (χ1n) is 9.31. The van der Waals surface area contributed by atoms with E-state index in [1.54, 1.807) is 24.3 Å². The molecule has 3 amide bonds. The van der Waals surface area contributed by atoms with Crippen LogP contribution in [0.5, 0.6) is 5.75 Å². The molecule has 2 aromatic carbocycles. The molecule has 150 valence electrons. The van der Waals surface area contributed by atoms with Crippen LogP contribution < -0.4 is 10.1 Å². The summed E-state index contributed by atoms with van der Waals surface area (Å²) in [6.45, 7) is 0.748. The lowest BCUT2D eigenvalue weighted by atomic mass is 10.1. The lowest BCUT2D eigenvalue weighted by Crippen LogP contribution is -2.36. The van der Waals surface area contributed by atoms with Crippen molar-refractivity contribution in [2.45, 2.75) is 18.9 Å². The molecule has 2 aliphatic heterocycles. The zero-order chi connectivity index (χ0) is 20.4. The number of nitrogens with one attached hydrogen (secondary N) is 1. The smallest absolute Gasteiger partial charge is 0.262 e. The van der Waals surface area contributed by atoms with Gasteiger partial charge in [0.1, 0.15) is 5.75 Å². The van der Waals surface area contributed by atoms with Gasteiger partial charge >= 0.3 is 0 Å². The summed E-state index contributed by atoms with van der Waals surface area (Å²) in [6, 6.07) is 11.8. The highest BCUT2D eigenvalue weighted by atomic mass is 79.9. The normalized spacial score (nSPS) is 18.1. The van der Waals surface area contributed by atoms with Gasteiger partial charge in [0, 0.05) is 16.8 Å². The summed E-state index contributed by atoms with van der Waals surface area (Å²) in [5, 5.41) is 2.70. The van der Waals surface area contributed by atoms with Crippen LogP contribution in [0.1, 0.15) is 33.6 Å². The van der Waals surface area contributed by atoms with Crippen molar-refractivity contribution in [3.63, 3.8) is 0 Å². The van der Waals surface area contributed by atoms with Gasteiger partial charge in [0.05, 0.1) is 23.8 Å². The zero-order valence-electron chi connectivity index (χ0n) is 15.5. The van der Waals surface area contributed by atoms with E-state index >= 15 is 0 Å². The third-order valence-corrected chi connectivity index (χ3v) is 5.38. The van der Waals surface area contributed by atoms with Gasteiger partial charge in [0.2, 0.25) is 0 Å². The number of imide groups is 1. The molecule has 7 nitrogen and oxygen atoms in total. The molecule has 1 N–H and O–H groups in total. The second kappa shape index (κ2) is 8.34. The second-order valence-electron chi connectivity index (χ2n) is 6.91. The van der Waals surface area contributed by atoms with Crippen LogP contribution in [0.4, 0.5) is 5.69 Å². The Balaban J connectivity index is 1.39. The summed E-state index contributed by atoms with van der Waals surface area (Å²) in [7, 11) is 0. The maximum Gasteiger partial charge on any atom is 0.262 e. The van der Waals surface area contributed by atoms with Gasteiger partial charge in [-0.1, -0.05) is 15.9 Å². The Bertz CT molecular complexity index is 954. The molecule has 1 unspecified atom stereocenters. The molecule has 0 aromatic heterocycles. The number of fused-ring (bicyclic) bond motifs is 1. The molecular weight excluding hydrogens is 440 g/mol. The Labute approximate surface area is 176 Å². The van der Waals surface area contributed by atoms with Gasteiger partial charge in [0.15, 0.2) is 6.61 Å². The lowest BCUT2D eigenvalue weighted by Gasteiger charge is -2.17. The van der Waals surface area contributed by atoms with E-state index < -0.39 is 0 Å². The van der Waals surface area contributed by atoms with E-state index in [4.69, 9.17) is 9.47 Å². The number of rotatable bonds is 6. The fourth-order valence-electron chi connectivity index (χ4n) is 3.40. The first kappa shape index (κ1) is 19.6. The van der Waals surface area contributed by atoms with Gasteiger partial charge in [-0.3, -0.25) is 19.3 Å². The first-order chi connectivity index (χ1) is 14.0. The van der Waals surface area contributed by atoms with E-state index in [0.29, 0.717) is 29.2 Å². The van der Waals surface area contributed by atoms with Crippen molar-refractivity contribution < 1.29 is 23.9 Å². The minimum Gasteiger partial charge on any atom is -0.484 e. The second-order valence-corrected chi connectivity index (χ2v) is 7.82. The Morgan fingerprint density at radius 3 is 2.62 bits per heavy atom. The Morgan fingerprint density at radius 1 is 1.14 bits per heavy atom.